The molecule has 7 nitrogen and oxygen atoms in total. The van der Waals surface area contributed by atoms with Gasteiger partial charge in [-0.05, 0) is 20.5 Å². The van der Waals surface area contributed by atoms with Crippen LogP contribution in [0.5, 0.6) is 0 Å². The van der Waals surface area contributed by atoms with Crippen molar-refractivity contribution < 1.29 is 24.4 Å². The highest BCUT2D eigenvalue weighted by Gasteiger charge is 2.29. The molecule has 0 radical (unpaired) electrons. The molecule has 0 rings (SSSR count). The fraction of sp³-hybridized carbons (Fsp3) is 0.875. The van der Waals surface area contributed by atoms with Crippen LogP contribution in [0, 0.1) is 0 Å². The molecule has 0 aliphatic carbocycles. The first-order valence-electron chi connectivity index (χ1n) is 4.81. The van der Waals surface area contributed by atoms with Crippen LogP contribution >= 0.6 is 7.60 Å². The summed E-state index contributed by atoms with van der Waals surface area (Å²) in [6.07, 6.45) is 0.0541. The van der Waals surface area contributed by atoms with Gasteiger partial charge < -0.3 is 14.7 Å². The monoisotopic (exact) mass is 254 g/mol. The number of carbonyl (C=O) groups is 1. The van der Waals surface area contributed by atoms with Gasteiger partial charge in [-0.15, -0.1) is 0 Å². The van der Waals surface area contributed by atoms with Gasteiger partial charge in [0, 0.05) is 20.0 Å². The van der Waals surface area contributed by atoms with E-state index in [0.717, 1.165) is 0 Å². The molecule has 0 heterocycles. The summed E-state index contributed by atoms with van der Waals surface area (Å²) in [4.78, 5) is 30.5. The van der Waals surface area contributed by atoms with E-state index in [9.17, 15) is 9.36 Å². The largest absolute Gasteiger partial charge is 0.329 e. The van der Waals surface area contributed by atoms with Crippen molar-refractivity contribution in [2.45, 2.75) is 19.0 Å². The summed E-state index contributed by atoms with van der Waals surface area (Å²) in [6, 6.07) is 0. The number of carbonyl (C=O) groups excluding carboxylic acids is 1. The zero-order valence-electron chi connectivity index (χ0n) is 9.70. The van der Waals surface area contributed by atoms with Gasteiger partial charge in [-0.3, -0.25) is 14.6 Å². The van der Waals surface area contributed by atoms with Gasteiger partial charge in [0.25, 0.3) is 0 Å². The second-order valence-corrected chi connectivity index (χ2v) is 5.84. The van der Waals surface area contributed by atoms with Crippen molar-refractivity contribution in [3.8, 4) is 0 Å². The second-order valence-electron chi connectivity index (χ2n) is 3.94. The number of nitrogens with zero attached hydrogens (tertiary/aromatic N) is 2. The third-order valence-corrected chi connectivity index (χ3v) is 3.46. The SMILES string of the molecule is CC(=O)N(O)CCC(CN(C)C)P(=O)(O)O. The number of hydrogen-bond acceptors (Lipinski definition) is 4. The van der Waals surface area contributed by atoms with E-state index in [2.05, 4.69) is 0 Å². The van der Waals surface area contributed by atoms with Gasteiger partial charge >= 0.3 is 7.60 Å². The number of hydroxylamine groups is 2. The van der Waals surface area contributed by atoms with Crippen LogP contribution in [0.25, 0.3) is 0 Å². The highest BCUT2D eigenvalue weighted by atomic mass is 31.2. The molecule has 1 unspecified atom stereocenters. The zero-order valence-corrected chi connectivity index (χ0v) is 10.6. The first-order valence-corrected chi connectivity index (χ1v) is 6.49. The summed E-state index contributed by atoms with van der Waals surface area (Å²) >= 11 is 0. The third kappa shape index (κ3) is 6.19. The molecular weight excluding hydrogens is 235 g/mol. The van der Waals surface area contributed by atoms with Gasteiger partial charge in [-0.2, -0.15) is 0 Å². The number of rotatable bonds is 6. The molecule has 0 fully saturated rings. The highest BCUT2D eigenvalue weighted by molar-refractivity contribution is 7.52. The third-order valence-electron chi connectivity index (χ3n) is 2.09. The van der Waals surface area contributed by atoms with Crippen LogP contribution in [-0.4, -0.2) is 63.7 Å². The Balaban J connectivity index is 4.34. The van der Waals surface area contributed by atoms with Crippen molar-refractivity contribution in [2.75, 3.05) is 27.2 Å². The van der Waals surface area contributed by atoms with Crippen molar-refractivity contribution in [1.82, 2.24) is 9.96 Å². The summed E-state index contributed by atoms with van der Waals surface area (Å²) in [6.45, 7) is 1.30. The minimum atomic E-state index is -4.21. The van der Waals surface area contributed by atoms with Crippen LogP contribution in [-0.2, 0) is 9.36 Å². The predicted octanol–water partition coefficient (Wildman–Crippen LogP) is -0.278. The number of hydrogen-bond donors (Lipinski definition) is 3. The van der Waals surface area contributed by atoms with Gasteiger partial charge in [-0.25, -0.2) is 5.06 Å². The lowest BCUT2D eigenvalue weighted by molar-refractivity contribution is -0.162. The van der Waals surface area contributed by atoms with Gasteiger partial charge in [-0.1, -0.05) is 0 Å². The van der Waals surface area contributed by atoms with Crippen LogP contribution < -0.4 is 0 Å². The van der Waals surface area contributed by atoms with Gasteiger partial charge in [0.1, 0.15) is 0 Å². The normalized spacial score (nSPS) is 13.9. The number of amides is 1. The molecule has 16 heavy (non-hydrogen) atoms. The Morgan fingerprint density at radius 2 is 1.88 bits per heavy atom. The van der Waals surface area contributed by atoms with E-state index in [-0.39, 0.29) is 19.5 Å². The average Bonchev–Trinajstić information content (AvgIpc) is 2.08. The van der Waals surface area contributed by atoms with Crippen molar-refractivity contribution >= 4 is 13.5 Å². The first-order chi connectivity index (χ1) is 7.14. The van der Waals surface area contributed by atoms with E-state index in [1.54, 1.807) is 19.0 Å². The Morgan fingerprint density at radius 3 is 2.19 bits per heavy atom. The van der Waals surface area contributed by atoms with Gasteiger partial charge in [0.2, 0.25) is 5.91 Å². The first kappa shape index (κ1) is 15.5. The van der Waals surface area contributed by atoms with Crippen LogP contribution in [0.3, 0.4) is 0 Å². The predicted molar refractivity (Wildman–Crippen MR) is 58.2 cm³/mol. The van der Waals surface area contributed by atoms with Crippen molar-refractivity contribution in [1.29, 1.82) is 0 Å². The van der Waals surface area contributed by atoms with Crippen molar-refractivity contribution in [2.24, 2.45) is 0 Å². The van der Waals surface area contributed by atoms with E-state index >= 15 is 0 Å². The Hall–Kier alpha value is -0.460. The molecule has 8 heteroatoms. The Labute approximate surface area is 94.8 Å². The van der Waals surface area contributed by atoms with Crippen LogP contribution in [0.2, 0.25) is 0 Å². The summed E-state index contributed by atoms with van der Waals surface area (Å²) in [5, 5.41) is 9.55. The van der Waals surface area contributed by atoms with E-state index in [0.29, 0.717) is 5.06 Å². The molecule has 3 N–H and O–H groups in total. The standard InChI is InChI=1S/C8H19N2O5P/c1-7(11)10(12)5-4-8(6-9(2)3)16(13,14)15/h8,12H,4-6H2,1-3H3,(H2,13,14,15). The van der Waals surface area contributed by atoms with Gasteiger partial charge in [0.05, 0.1) is 5.66 Å². The van der Waals surface area contributed by atoms with E-state index in [1.165, 1.54) is 6.92 Å². The lowest BCUT2D eigenvalue weighted by Crippen LogP contribution is -2.32. The molecule has 0 bridgehead atoms. The maximum absolute atomic E-state index is 11.1. The molecule has 0 aromatic rings. The van der Waals surface area contributed by atoms with E-state index < -0.39 is 19.2 Å². The van der Waals surface area contributed by atoms with E-state index in [4.69, 9.17) is 15.0 Å². The molecule has 1 atom stereocenters. The maximum atomic E-state index is 11.1. The molecule has 1 amide bonds. The molecule has 0 saturated carbocycles. The summed E-state index contributed by atoms with van der Waals surface area (Å²) < 4.78 is 11.1. The molecule has 0 saturated heterocycles. The highest BCUT2D eigenvalue weighted by Crippen LogP contribution is 2.43. The molecule has 96 valence electrons. The van der Waals surface area contributed by atoms with Crippen molar-refractivity contribution in [3.63, 3.8) is 0 Å². The second kappa shape index (κ2) is 6.32. The topological polar surface area (TPSA) is 101 Å². The van der Waals surface area contributed by atoms with Crippen molar-refractivity contribution in [3.05, 3.63) is 0 Å². The smallest absolute Gasteiger partial charge is 0.324 e. The van der Waals surface area contributed by atoms with Crippen LogP contribution in [0.4, 0.5) is 0 Å². The summed E-state index contributed by atoms with van der Waals surface area (Å²) in [5.74, 6) is -0.547. The quantitative estimate of drug-likeness (QED) is 0.342. The Morgan fingerprint density at radius 1 is 1.38 bits per heavy atom. The fourth-order valence-electron chi connectivity index (χ4n) is 1.22. The van der Waals surface area contributed by atoms with Crippen LogP contribution in [0.1, 0.15) is 13.3 Å². The molecule has 0 spiro atoms. The Bertz CT molecular complexity index is 278. The fourth-order valence-corrected chi connectivity index (χ4v) is 2.21. The summed E-state index contributed by atoms with van der Waals surface area (Å²) in [5.41, 5.74) is -0.878. The lowest BCUT2D eigenvalue weighted by Gasteiger charge is -2.23. The van der Waals surface area contributed by atoms with Crippen LogP contribution in [0.15, 0.2) is 0 Å². The zero-order chi connectivity index (χ0) is 12.9. The maximum Gasteiger partial charge on any atom is 0.329 e. The Kier molecular flexibility index (Phi) is 6.14. The minimum absolute atomic E-state index is 0.0541. The average molecular weight is 254 g/mol. The van der Waals surface area contributed by atoms with Gasteiger partial charge in [0.15, 0.2) is 0 Å². The molecular formula is C8H19N2O5P. The van der Waals surface area contributed by atoms with E-state index in [1.807, 2.05) is 0 Å². The summed E-state index contributed by atoms with van der Waals surface area (Å²) in [7, 11) is -0.809. The molecule has 0 aromatic carbocycles. The lowest BCUT2D eigenvalue weighted by atomic mass is 10.3. The minimum Gasteiger partial charge on any atom is -0.324 e. The molecule has 0 aliphatic heterocycles. The molecule has 0 aliphatic rings. The molecule has 0 aromatic heterocycles.